The van der Waals surface area contributed by atoms with Gasteiger partial charge < -0.3 is 75.1 Å². The minimum Gasteiger partial charge on any atom is -0.497 e. The number of halogens is 3. The third kappa shape index (κ3) is 17.9. The SMILES string of the molecule is COc1ccc(Cl)c(Sc2nc3c(N)nccc3n2CCC2CCN(C(=O)CO)CC2)c1.COc1ccc(Cl)c(Sc2nc3c(N)nccc3n2CCC2CCN(C(=O)[C@@H](C)O)CC2)c1.COc1ccc(Cl)c(Sc2nc3c(N)nccc3n2CCC2CCN(C(=O)[C@H](C)O)CC2)c1. The number of carbonyl (C=O) groups excluding carboxylic acids is 3. The highest BCUT2D eigenvalue weighted by molar-refractivity contribution is 7.99. The first-order chi connectivity index (χ1) is 47.2. The summed E-state index contributed by atoms with van der Waals surface area (Å²) in [6.45, 7) is 9.00. The first-order valence-corrected chi connectivity index (χ1v) is 36.0. The van der Waals surface area contributed by atoms with Gasteiger partial charge in [-0.1, -0.05) is 34.8 Å². The number of carbonyl (C=O) groups is 3. The molecule has 3 fully saturated rings. The number of aliphatic hydroxyl groups is 3. The lowest BCUT2D eigenvalue weighted by Gasteiger charge is -2.32. The Bertz CT molecular complexity index is 4070. The summed E-state index contributed by atoms with van der Waals surface area (Å²) in [6.07, 6.45) is 11.6. The molecule has 30 heteroatoms. The highest BCUT2D eigenvalue weighted by Gasteiger charge is 2.29. The largest absolute Gasteiger partial charge is 0.497 e. The molecule has 0 radical (unpaired) electrons. The number of hydrogen-bond acceptors (Lipinski definition) is 21. The molecule has 0 aliphatic carbocycles. The Morgan fingerprint density at radius 3 is 1.04 bits per heavy atom. The van der Waals surface area contributed by atoms with E-state index in [1.54, 1.807) is 54.6 Å². The Morgan fingerprint density at radius 1 is 0.490 bits per heavy atom. The summed E-state index contributed by atoms with van der Waals surface area (Å²) in [4.78, 5) is 70.5. The molecular formula is C68H82Cl3N15O9S3. The number of pyridine rings is 3. The molecule has 24 nitrogen and oxygen atoms in total. The lowest BCUT2D eigenvalue weighted by atomic mass is 9.93. The molecule has 9 N–H and O–H groups in total. The van der Waals surface area contributed by atoms with Gasteiger partial charge in [-0.2, -0.15) is 0 Å². The number of fused-ring (bicyclic) bond motifs is 3. The maximum absolute atomic E-state index is 12.0. The number of piperidine rings is 3. The van der Waals surface area contributed by atoms with E-state index in [1.165, 1.54) is 49.1 Å². The molecule has 3 aliphatic heterocycles. The second-order valence-corrected chi connectivity index (χ2v) is 28.5. The number of nitrogen functional groups attached to an aromatic ring is 3. The van der Waals surface area contributed by atoms with Crippen molar-refractivity contribution in [3.05, 3.63) is 106 Å². The number of aromatic nitrogens is 9. The number of ether oxygens (including phenoxy) is 3. The summed E-state index contributed by atoms with van der Waals surface area (Å²) >= 11 is 23.7. The van der Waals surface area contributed by atoms with E-state index in [0.29, 0.717) is 106 Å². The van der Waals surface area contributed by atoms with E-state index in [1.807, 2.05) is 72.8 Å². The Labute approximate surface area is 596 Å². The first-order valence-electron chi connectivity index (χ1n) is 32.4. The Kier molecular flexibility index (Phi) is 25.5. The van der Waals surface area contributed by atoms with Gasteiger partial charge in [0.15, 0.2) is 32.9 Å². The number of benzene rings is 3. The van der Waals surface area contributed by atoms with Gasteiger partial charge >= 0.3 is 0 Å². The molecule has 0 spiro atoms. The number of nitrogens with two attached hydrogens (primary N) is 3. The molecule has 98 heavy (non-hydrogen) atoms. The number of aryl methyl sites for hydroxylation is 3. The lowest BCUT2D eigenvalue weighted by Crippen LogP contribution is -2.43. The predicted molar refractivity (Wildman–Crippen MR) is 384 cm³/mol. The van der Waals surface area contributed by atoms with Gasteiger partial charge in [-0.3, -0.25) is 14.4 Å². The zero-order valence-electron chi connectivity index (χ0n) is 55.2. The molecule has 9 aromatic rings. The van der Waals surface area contributed by atoms with Crippen LogP contribution in [0.3, 0.4) is 0 Å². The van der Waals surface area contributed by atoms with Gasteiger partial charge in [-0.25, -0.2) is 29.9 Å². The Morgan fingerprint density at radius 2 is 0.776 bits per heavy atom. The van der Waals surface area contributed by atoms with Crippen molar-refractivity contribution in [3.8, 4) is 17.2 Å². The van der Waals surface area contributed by atoms with Gasteiger partial charge in [0.25, 0.3) is 11.8 Å². The van der Waals surface area contributed by atoms with E-state index >= 15 is 0 Å². The zero-order valence-corrected chi connectivity index (χ0v) is 59.9. The van der Waals surface area contributed by atoms with Gasteiger partial charge in [0.05, 0.1) is 52.9 Å². The average Bonchev–Trinajstić information content (AvgIpc) is 1.65. The van der Waals surface area contributed by atoms with Crippen LogP contribution in [0.1, 0.15) is 71.6 Å². The van der Waals surface area contributed by atoms with Crippen LogP contribution in [-0.4, -0.2) is 171 Å². The van der Waals surface area contributed by atoms with Gasteiger partial charge in [0.1, 0.15) is 52.6 Å². The number of hydrogen-bond donors (Lipinski definition) is 6. The number of nitrogens with zero attached hydrogens (tertiary/aromatic N) is 12. The molecule has 0 bridgehead atoms. The van der Waals surface area contributed by atoms with E-state index in [2.05, 4.69) is 28.7 Å². The van der Waals surface area contributed by atoms with Crippen LogP contribution in [0.4, 0.5) is 17.5 Å². The highest BCUT2D eigenvalue weighted by Crippen LogP contribution is 2.42. The van der Waals surface area contributed by atoms with Crippen molar-refractivity contribution in [3.63, 3.8) is 0 Å². The summed E-state index contributed by atoms with van der Waals surface area (Å²) in [5.41, 5.74) is 23.2. The standard InChI is InChI=1S/2C23H28ClN5O3S.C22H26ClN5O3S/c2*1-14(30)22(31)28-10-6-15(7-11-28)8-12-29-18-5-9-26-21(25)20(18)27-23(29)33-19-13-16(32-2)3-4-17(19)24;1-31-15-2-3-16(23)18(12-15)32-22-26-20-17(4-8-25-21(20)24)28(22)11-7-14-5-9-27(10-6-14)19(30)13-29/h2*3-5,9,13-15,30H,6-8,10-12H2,1-2H3,(H2,25,26);2-4,8,12,14,29H,5-7,9-11,13H2,1H3,(H2,24,25)/t2*14-;/m10./s1. The molecule has 9 heterocycles. The number of imidazole rings is 3. The fraction of sp³-hybridized carbons (Fsp3) is 0.426. The predicted octanol–water partition coefficient (Wildman–Crippen LogP) is 11.1. The van der Waals surface area contributed by atoms with E-state index < -0.39 is 18.8 Å². The molecule has 3 saturated heterocycles. The molecule has 0 saturated carbocycles. The molecule has 3 aliphatic rings. The minimum absolute atomic E-state index is 0.189. The van der Waals surface area contributed by atoms with Crippen LogP contribution in [0.2, 0.25) is 15.1 Å². The van der Waals surface area contributed by atoms with E-state index in [-0.39, 0.29) is 17.7 Å². The molecule has 0 unspecified atom stereocenters. The Balaban J connectivity index is 0.000000159. The summed E-state index contributed by atoms with van der Waals surface area (Å²) < 4.78 is 22.5. The van der Waals surface area contributed by atoms with Crippen LogP contribution >= 0.6 is 70.1 Å². The van der Waals surface area contributed by atoms with Crippen LogP contribution in [0.25, 0.3) is 33.1 Å². The third-order valence-electron chi connectivity index (χ3n) is 18.0. The molecular weight excluding hydrogens is 1370 g/mol. The number of anilines is 3. The third-order valence-corrected chi connectivity index (χ3v) is 22.4. The van der Waals surface area contributed by atoms with Crippen LogP contribution in [0, 0.1) is 17.8 Å². The number of methoxy groups -OCH3 is 3. The van der Waals surface area contributed by atoms with Crippen LogP contribution in [-0.2, 0) is 34.0 Å². The van der Waals surface area contributed by atoms with Crippen molar-refractivity contribution in [2.24, 2.45) is 17.8 Å². The monoisotopic (exact) mass is 1450 g/mol. The van der Waals surface area contributed by atoms with Crippen molar-refractivity contribution >= 4 is 138 Å². The fourth-order valence-electron chi connectivity index (χ4n) is 12.3. The molecule has 12 rings (SSSR count). The molecule has 2 atom stereocenters. The number of rotatable bonds is 21. The highest BCUT2D eigenvalue weighted by atomic mass is 35.5. The lowest BCUT2D eigenvalue weighted by molar-refractivity contribution is -0.141. The average molecular weight is 1460 g/mol. The molecule has 3 aromatic carbocycles. The number of aliphatic hydroxyl groups excluding tert-OH is 3. The van der Waals surface area contributed by atoms with Gasteiger partial charge in [-0.15, -0.1) is 0 Å². The zero-order chi connectivity index (χ0) is 69.7. The minimum atomic E-state index is -0.944. The van der Waals surface area contributed by atoms with Crippen molar-refractivity contribution < 1.29 is 43.9 Å². The van der Waals surface area contributed by atoms with Crippen LogP contribution in [0.5, 0.6) is 17.2 Å². The molecule has 3 amide bonds. The summed E-state index contributed by atoms with van der Waals surface area (Å²) in [5, 5.41) is 32.4. The smallest absolute Gasteiger partial charge is 0.251 e. The molecule has 522 valence electrons. The fourth-order valence-corrected chi connectivity index (χ4v) is 15.9. The van der Waals surface area contributed by atoms with Crippen molar-refractivity contribution in [2.45, 2.75) is 134 Å². The van der Waals surface area contributed by atoms with Gasteiger partial charge in [-0.05, 0) is 197 Å². The summed E-state index contributed by atoms with van der Waals surface area (Å²) in [5.74, 6) is 4.26. The van der Waals surface area contributed by atoms with Crippen molar-refractivity contribution in [1.82, 2.24) is 58.3 Å². The second-order valence-electron chi connectivity index (χ2n) is 24.3. The quantitative estimate of drug-likeness (QED) is 0.0389. The number of likely N-dealkylation sites (tertiary alicyclic amines) is 3. The van der Waals surface area contributed by atoms with E-state index in [9.17, 15) is 24.6 Å². The molecule has 6 aromatic heterocycles. The Hall–Kier alpha value is -7.47. The normalized spacial score (nSPS) is 15.4. The summed E-state index contributed by atoms with van der Waals surface area (Å²) in [7, 11) is 4.87. The van der Waals surface area contributed by atoms with Crippen molar-refractivity contribution in [2.75, 3.05) is 84.4 Å². The maximum atomic E-state index is 12.0. The maximum Gasteiger partial charge on any atom is 0.251 e. The van der Waals surface area contributed by atoms with Gasteiger partial charge in [0, 0.05) is 92.2 Å². The van der Waals surface area contributed by atoms with Crippen molar-refractivity contribution in [1.29, 1.82) is 0 Å². The topological polar surface area (TPSA) is 320 Å². The number of amides is 3. The van der Waals surface area contributed by atoms with Crippen LogP contribution in [0.15, 0.2) is 122 Å². The van der Waals surface area contributed by atoms with E-state index in [4.69, 9.17) is 86.3 Å². The van der Waals surface area contributed by atoms with E-state index in [0.717, 1.165) is 141 Å². The second kappa shape index (κ2) is 34.1. The first kappa shape index (κ1) is 73.3. The summed E-state index contributed by atoms with van der Waals surface area (Å²) in [6, 6.07) is 22.4. The van der Waals surface area contributed by atoms with Gasteiger partial charge in [0.2, 0.25) is 5.91 Å². The van der Waals surface area contributed by atoms with Crippen LogP contribution < -0.4 is 31.4 Å².